The van der Waals surface area contributed by atoms with Gasteiger partial charge in [-0.05, 0) is 46.5 Å². The lowest BCUT2D eigenvalue weighted by molar-refractivity contribution is -0.384. The number of carbonyl (C=O) groups is 4. The van der Waals surface area contributed by atoms with E-state index in [1.54, 1.807) is 18.2 Å². The molecule has 10 nitrogen and oxygen atoms in total. The molecule has 0 N–H and O–H groups in total. The van der Waals surface area contributed by atoms with Crippen LogP contribution in [0, 0.1) is 27.9 Å². The lowest BCUT2D eigenvalue weighted by atomic mass is 9.55. The fourth-order valence-electron chi connectivity index (χ4n) is 7.69. The molecule has 3 atom stereocenters. The van der Waals surface area contributed by atoms with Crippen molar-refractivity contribution in [2.45, 2.75) is 18.3 Å². The first kappa shape index (κ1) is 26.9. The first-order valence-corrected chi connectivity index (χ1v) is 14.7. The Kier molecular flexibility index (Phi) is 5.96. The molecule has 5 aliphatic rings. The summed E-state index contributed by atoms with van der Waals surface area (Å²) in [5.74, 6) is -3.59. The predicted molar refractivity (Wildman–Crippen MR) is 162 cm³/mol. The number of non-ortho nitro benzene ring substituents is 1. The molecule has 2 fully saturated rings. The van der Waals surface area contributed by atoms with Crippen molar-refractivity contribution >= 4 is 40.8 Å². The zero-order chi connectivity index (χ0) is 31.0. The molecule has 10 heteroatoms. The van der Waals surface area contributed by atoms with Crippen molar-refractivity contribution in [2.24, 2.45) is 17.8 Å². The van der Waals surface area contributed by atoms with Crippen LogP contribution in [0.15, 0.2) is 97.1 Å². The fraction of sp³-hybridized carbons (Fsp3) is 0.200. The molecule has 9 rings (SSSR count). The monoisotopic (exact) mass is 599 g/mol. The molecule has 4 aromatic carbocycles. The Bertz CT molecular complexity index is 1840. The summed E-state index contributed by atoms with van der Waals surface area (Å²) in [7, 11) is 0. The minimum absolute atomic E-state index is 0.0610. The summed E-state index contributed by atoms with van der Waals surface area (Å²) in [6.45, 7) is 0.0610. The average molecular weight is 600 g/mol. The van der Waals surface area contributed by atoms with Crippen molar-refractivity contribution in [1.29, 1.82) is 0 Å². The van der Waals surface area contributed by atoms with Gasteiger partial charge in [0.2, 0.25) is 17.7 Å². The summed E-state index contributed by atoms with van der Waals surface area (Å²) in [4.78, 5) is 67.1. The van der Waals surface area contributed by atoms with Gasteiger partial charge in [0.25, 0.3) is 5.69 Å². The van der Waals surface area contributed by atoms with Crippen LogP contribution in [0.25, 0.3) is 0 Å². The SMILES string of the molecule is O=C(Oc1cccc(N2C(=O)[C@@H]3C4c5ccccc5C(c5ccccc54)[C@@H]3C2=O)c1)[C@H]1CC(=O)N(c2ccc([N+](=O)[O-])cc2)C1. The number of nitro groups is 1. The number of anilines is 2. The van der Waals surface area contributed by atoms with Gasteiger partial charge in [-0.25, -0.2) is 4.90 Å². The molecule has 45 heavy (non-hydrogen) atoms. The Morgan fingerprint density at radius 3 is 1.82 bits per heavy atom. The Morgan fingerprint density at radius 1 is 0.733 bits per heavy atom. The Hall–Kier alpha value is -5.64. The lowest BCUT2D eigenvalue weighted by Crippen LogP contribution is -2.41. The van der Waals surface area contributed by atoms with Gasteiger partial charge in [0.1, 0.15) is 5.75 Å². The molecule has 0 radical (unpaired) electrons. The molecule has 0 unspecified atom stereocenters. The number of esters is 1. The predicted octanol–water partition coefficient (Wildman–Crippen LogP) is 4.95. The highest BCUT2D eigenvalue weighted by atomic mass is 16.6. The molecule has 222 valence electrons. The first-order chi connectivity index (χ1) is 21.8. The Morgan fingerprint density at radius 2 is 1.29 bits per heavy atom. The van der Waals surface area contributed by atoms with Gasteiger partial charge < -0.3 is 9.64 Å². The number of carbonyl (C=O) groups excluding carboxylic acids is 4. The van der Waals surface area contributed by atoms with E-state index in [2.05, 4.69) is 24.3 Å². The smallest absolute Gasteiger partial charge is 0.316 e. The molecule has 0 spiro atoms. The number of nitrogens with zero attached hydrogens (tertiary/aromatic N) is 3. The molecule has 2 bridgehead atoms. The third-order valence-electron chi connectivity index (χ3n) is 9.57. The van der Waals surface area contributed by atoms with Crippen molar-refractivity contribution < 1.29 is 28.8 Å². The van der Waals surface area contributed by atoms with Gasteiger partial charge in [0.05, 0.1) is 28.4 Å². The van der Waals surface area contributed by atoms with E-state index in [0.29, 0.717) is 11.4 Å². The summed E-state index contributed by atoms with van der Waals surface area (Å²) >= 11 is 0. The molecule has 3 aliphatic carbocycles. The van der Waals surface area contributed by atoms with Gasteiger partial charge in [0, 0.05) is 48.7 Å². The van der Waals surface area contributed by atoms with E-state index in [1.807, 2.05) is 24.3 Å². The van der Waals surface area contributed by atoms with E-state index in [-0.39, 0.29) is 54.0 Å². The molecular formula is C35H25N3O7. The second-order valence-electron chi connectivity index (χ2n) is 11.9. The number of nitro benzene ring substituents is 1. The van der Waals surface area contributed by atoms with E-state index < -0.39 is 28.6 Å². The summed E-state index contributed by atoms with van der Waals surface area (Å²) in [5, 5.41) is 11.0. The second kappa shape index (κ2) is 9.95. The van der Waals surface area contributed by atoms with Crippen molar-refractivity contribution in [1.82, 2.24) is 0 Å². The fourth-order valence-corrected chi connectivity index (χ4v) is 7.69. The standard InChI is InChI=1S/C35H25N3O7/c39-28-16-19(18-36(28)20-12-14-21(15-13-20)38(43)44)35(42)45-23-7-5-6-22(17-23)37-33(40)31-29-24-8-1-2-9-25(24)30(32(31)34(37)41)27-11-4-3-10-26(27)29/h1-15,17,19,29-32H,16,18H2/t19-,29?,30?,31-,32+/m0/s1. The van der Waals surface area contributed by atoms with Crippen molar-refractivity contribution in [3.63, 3.8) is 0 Å². The third kappa shape index (κ3) is 4.02. The van der Waals surface area contributed by atoms with Gasteiger partial charge in [-0.2, -0.15) is 0 Å². The first-order valence-electron chi connectivity index (χ1n) is 14.7. The van der Waals surface area contributed by atoms with Gasteiger partial charge >= 0.3 is 5.97 Å². The number of amides is 3. The van der Waals surface area contributed by atoms with Crippen LogP contribution in [-0.4, -0.2) is 35.2 Å². The van der Waals surface area contributed by atoms with Crippen LogP contribution in [0.2, 0.25) is 0 Å². The number of rotatable bonds is 5. The highest BCUT2D eigenvalue weighted by Gasteiger charge is 2.61. The molecule has 4 aromatic rings. The highest BCUT2D eigenvalue weighted by Crippen LogP contribution is 2.61. The number of hydrogen-bond donors (Lipinski definition) is 0. The molecule has 2 saturated heterocycles. The maximum absolute atomic E-state index is 14.1. The van der Waals surface area contributed by atoms with E-state index >= 15 is 0 Å². The normalized spacial score (nSPS) is 24.4. The lowest BCUT2D eigenvalue weighted by Gasteiger charge is -2.45. The van der Waals surface area contributed by atoms with E-state index in [4.69, 9.17) is 4.74 Å². The Labute approximate surface area is 257 Å². The van der Waals surface area contributed by atoms with Crippen LogP contribution in [-0.2, 0) is 19.2 Å². The largest absolute Gasteiger partial charge is 0.426 e. The number of hydrogen-bond acceptors (Lipinski definition) is 7. The molecule has 2 heterocycles. The summed E-state index contributed by atoms with van der Waals surface area (Å²) in [6, 6.07) is 28.0. The zero-order valence-electron chi connectivity index (χ0n) is 23.7. The van der Waals surface area contributed by atoms with Gasteiger partial charge in [-0.3, -0.25) is 29.3 Å². The molecule has 3 amide bonds. The van der Waals surface area contributed by atoms with Crippen LogP contribution in [0.3, 0.4) is 0 Å². The maximum atomic E-state index is 14.1. The quantitative estimate of drug-likeness (QED) is 0.104. The Balaban J connectivity index is 1.04. The van der Waals surface area contributed by atoms with Gasteiger partial charge in [0.15, 0.2) is 0 Å². The molecule has 0 aromatic heterocycles. The number of imide groups is 1. The van der Waals surface area contributed by atoms with E-state index in [0.717, 1.165) is 22.3 Å². The molecule has 0 saturated carbocycles. The second-order valence-corrected chi connectivity index (χ2v) is 11.9. The van der Waals surface area contributed by atoms with Crippen LogP contribution < -0.4 is 14.5 Å². The maximum Gasteiger partial charge on any atom is 0.316 e. The van der Waals surface area contributed by atoms with Crippen molar-refractivity contribution in [2.75, 3.05) is 16.3 Å². The van der Waals surface area contributed by atoms with E-state index in [9.17, 15) is 29.3 Å². The minimum atomic E-state index is -0.762. The van der Waals surface area contributed by atoms with Crippen LogP contribution in [0.1, 0.15) is 40.5 Å². The number of ether oxygens (including phenoxy) is 1. The summed E-state index contributed by atoms with van der Waals surface area (Å²) < 4.78 is 5.67. The van der Waals surface area contributed by atoms with Crippen LogP contribution in [0.4, 0.5) is 17.1 Å². The van der Waals surface area contributed by atoms with Gasteiger partial charge in [-0.15, -0.1) is 0 Å². The van der Waals surface area contributed by atoms with E-state index in [1.165, 1.54) is 40.1 Å². The highest BCUT2D eigenvalue weighted by molar-refractivity contribution is 6.23. The van der Waals surface area contributed by atoms with Crippen molar-refractivity contribution in [3.05, 3.63) is 129 Å². The number of benzene rings is 4. The van der Waals surface area contributed by atoms with Crippen molar-refractivity contribution in [3.8, 4) is 5.75 Å². The topological polar surface area (TPSA) is 127 Å². The minimum Gasteiger partial charge on any atom is -0.426 e. The zero-order valence-corrected chi connectivity index (χ0v) is 23.7. The average Bonchev–Trinajstić information content (AvgIpc) is 3.58. The van der Waals surface area contributed by atoms with Gasteiger partial charge in [-0.1, -0.05) is 54.6 Å². The third-order valence-corrected chi connectivity index (χ3v) is 9.57. The summed E-state index contributed by atoms with van der Waals surface area (Å²) in [6.07, 6.45) is -0.0775. The van der Waals surface area contributed by atoms with Crippen LogP contribution >= 0.6 is 0 Å². The van der Waals surface area contributed by atoms with Crippen LogP contribution in [0.5, 0.6) is 5.75 Å². The molecule has 2 aliphatic heterocycles. The summed E-state index contributed by atoms with van der Waals surface area (Å²) in [5.41, 5.74) is 5.02. The molecular weight excluding hydrogens is 574 g/mol.